The van der Waals surface area contributed by atoms with Crippen LogP contribution in [0.1, 0.15) is 15.2 Å². The van der Waals surface area contributed by atoms with Crippen molar-refractivity contribution in [3.05, 3.63) is 69.0 Å². The summed E-state index contributed by atoms with van der Waals surface area (Å²) >= 11 is 13.3. The van der Waals surface area contributed by atoms with Crippen molar-refractivity contribution >= 4 is 62.5 Å². The van der Waals surface area contributed by atoms with E-state index in [0.29, 0.717) is 26.2 Å². The summed E-state index contributed by atoms with van der Waals surface area (Å²) in [6, 6.07) is 17.2. The van der Waals surface area contributed by atoms with Gasteiger partial charge in [0.25, 0.3) is 5.91 Å². The van der Waals surface area contributed by atoms with Crippen LogP contribution in [-0.2, 0) is 0 Å². The van der Waals surface area contributed by atoms with Crippen LogP contribution in [0.15, 0.2) is 48.5 Å². The van der Waals surface area contributed by atoms with Gasteiger partial charge in [0.2, 0.25) is 0 Å². The molecule has 2 aromatic carbocycles. The fourth-order valence-electron chi connectivity index (χ4n) is 3.51. The van der Waals surface area contributed by atoms with Crippen LogP contribution in [0.3, 0.4) is 0 Å². The molecular weight excluding hydrogens is 453 g/mol. The molecule has 9 heteroatoms. The van der Waals surface area contributed by atoms with E-state index in [1.165, 1.54) is 17.0 Å². The molecule has 158 valence electrons. The molecule has 3 aromatic rings. The van der Waals surface area contributed by atoms with Crippen molar-refractivity contribution < 1.29 is 4.79 Å². The van der Waals surface area contributed by atoms with Crippen molar-refractivity contribution in [2.45, 2.75) is 0 Å². The van der Waals surface area contributed by atoms with Gasteiger partial charge in [-0.1, -0.05) is 41.4 Å². The van der Waals surface area contributed by atoms with Crippen LogP contribution >= 0.6 is 34.5 Å². The summed E-state index contributed by atoms with van der Waals surface area (Å²) in [6.07, 6.45) is 0. The van der Waals surface area contributed by atoms with E-state index in [-0.39, 0.29) is 5.69 Å². The summed E-state index contributed by atoms with van der Waals surface area (Å²) in [5.74, 6) is -0.405. The van der Waals surface area contributed by atoms with Gasteiger partial charge in [0.05, 0.1) is 16.4 Å². The lowest BCUT2D eigenvalue weighted by atomic mass is 10.2. The molecule has 1 aliphatic heterocycles. The molecule has 1 fully saturated rings. The molecule has 4 rings (SSSR count). The van der Waals surface area contributed by atoms with E-state index < -0.39 is 5.91 Å². The number of anilines is 4. The van der Waals surface area contributed by atoms with E-state index in [1.807, 2.05) is 18.2 Å². The number of thiophene rings is 1. The Morgan fingerprint density at radius 3 is 2.39 bits per heavy atom. The number of nitriles is 1. The maximum Gasteiger partial charge on any atom is 0.268 e. The van der Waals surface area contributed by atoms with Crippen LogP contribution in [-0.4, -0.2) is 32.1 Å². The normalized spacial score (nSPS) is 13.7. The Kier molecular flexibility index (Phi) is 6.23. The van der Waals surface area contributed by atoms with Gasteiger partial charge >= 0.3 is 0 Å². The molecule has 0 saturated carbocycles. The lowest BCUT2D eigenvalue weighted by molar-refractivity contribution is 0.103. The van der Waals surface area contributed by atoms with E-state index in [0.717, 1.165) is 31.2 Å². The summed E-state index contributed by atoms with van der Waals surface area (Å²) in [7, 11) is 0. The van der Waals surface area contributed by atoms with Crippen LogP contribution in [0.2, 0.25) is 10.0 Å². The van der Waals surface area contributed by atoms with Crippen molar-refractivity contribution in [3.8, 4) is 6.07 Å². The van der Waals surface area contributed by atoms with Crippen molar-refractivity contribution in [3.63, 3.8) is 0 Å². The Labute approximate surface area is 194 Å². The van der Waals surface area contributed by atoms with Gasteiger partial charge in [-0.25, -0.2) is 0 Å². The molecule has 1 aliphatic rings. The summed E-state index contributed by atoms with van der Waals surface area (Å²) < 4.78 is 0. The SMILES string of the molecule is N#Cc1c(N2CCN(c3ccccc3)CC2)sc(C(=O)Nc2ccc(Cl)cc2Cl)c1N. The first-order valence-corrected chi connectivity index (χ1v) is 11.2. The number of hydrogen-bond donors (Lipinski definition) is 2. The number of hydrogen-bond acceptors (Lipinski definition) is 6. The standard InChI is InChI=1S/C22H19Cl2N5OS/c23-14-6-7-18(17(24)12-14)27-21(30)20-19(26)16(13-25)22(31-20)29-10-8-28(9-11-29)15-4-2-1-3-5-15/h1-7,12H,8-11,26H2,(H,27,30). The number of para-hydroxylation sites is 1. The molecule has 1 amide bonds. The predicted molar refractivity (Wildman–Crippen MR) is 129 cm³/mol. The molecule has 6 nitrogen and oxygen atoms in total. The molecule has 0 unspecified atom stereocenters. The first-order chi connectivity index (χ1) is 15.0. The molecule has 0 aliphatic carbocycles. The minimum absolute atomic E-state index is 0.190. The first-order valence-electron chi connectivity index (χ1n) is 9.61. The van der Waals surface area contributed by atoms with Crippen LogP contribution in [0.4, 0.5) is 22.1 Å². The van der Waals surface area contributed by atoms with Gasteiger partial charge < -0.3 is 20.9 Å². The minimum Gasteiger partial charge on any atom is -0.396 e. The number of piperazine rings is 1. The number of carbonyl (C=O) groups excluding carboxylic acids is 1. The third-order valence-corrected chi connectivity index (χ3v) is 6.93. The summed E-state index contributed by atoms with van der Waals surface area (Å²) in [4.78, 5) is 17.6. The fraction of sp³-hybridized carbons (Fsp3) is 0.182. The first kappa shape index (κ1) is 21.3. The summed E-state index contributed by atoms with van der Waals surface area (Å²) in [5.41, 5.74) is 8.33. The monoisotopic (exact) mass is 471 g/mol. The molecule has 0 spiro atoms. The highest BCUT2D eigenvalue weighted by Gasteiger charge is 2.27. The third-order valence-electron chi connectivity index (χ3n) is 5.11. The Morgan fingerprint density at radius 2 is 1.74 bits per heavy atom. The number of carbonyl (C=O) groups is 1. The lowest BCUT2D eigenvalue weighted by Crippen LogP contribution is -2.46. The Bertz CT molecular complexity index is 1150. The molecule has 31 heavy (non-hydrogen) atoms. The third kappa shape index (κ3) is 4.42. The number of nitrogen functional groups attached to an aromatic ring is 1. The lowest BCUT2D eigenvalue weighted by Gasteiger charge is -2.36. The predicted octanol–water partition coefficient (Wildman–Crippen LogP) is 5.09. The summed E-state index contributed by atoms with van der Waals surface area (Å²) in [6.45, 7) is 3.09. The number of rotatable bonds is 4. The Hall–Kier alpha value is -2.92. The van der Waals surface area contributed by atoms with E-state index in [9.17, 15) is 10.1 Å². The number of nitrogens with zero attached hydrogens (tertiary/aromatic N) is 3. The molecule has 3 N–H and O–H groups in total. The van der Waals surface area contributed by atoms with Crippen LogP contribution < -0.4 is 20.9 Å². The topological polar surface area (TPSA) is 85.4 Å². The van der Waals surface area contributed by atoms with E-state index in [2.05, 4.69) is 33.3 Å². The number of halogens is 2. The second-order valence-electron chi connectivity index (χ2n) is 7.02. The van der Waals surface area contributed by atoms with Crippen molar-refractivity contribution in [2.75, 3.05) is 47.0 Å². The van der Waals surface area contributed by atoms with Gasteiger partial charge in [-0.2, -0.15) is 5.26 Å². The van der Waals surface area contributed by atoms with Gasteiger partial charge in [-0.3, -0.25) is 4.79 Å². The van der Waals surface area contributed by atoms with Crippen LogP contribution in [0.25, 0.3) is 0 Å². The summed E-state index contributed by atoms with van der Waals surface area (Å²) in [5, 5.41) is 14.0. The van der Waals surface area contributed by atoms with E-state index in [1.54, 1.807) is 18.2 Å². The average molecular weight is 472 g/mol. The number of amides is 1. The van der Waals surface area contributed by atoms with Gasteiger partial charge in [-0.15, -0.1) is 11.3 Å². The largest absolute Gasteiger partial charge is 0.396 e. The highest BCUT2D eigenvalue weighted by molar-refractivity contribution is 7.19. The van der Waals surface area contributed by atoms with E-state index >= 15 is 0 Å². The smallest absolute Gasteiger partial charge is 0.268 e. The molecule has 1 aromatic heterocycles. The molecular formula is C22H19Cl2N5OS. The molecule has 1 saturated heterocycles. The highest BCUT2D eigenvalue weighted by atomic mass is 35.5. The zero-order valence-electron chi connectivity index (χ0n) is 16.4. The maximum atomic E-state index is 12.9. The van der Waals surface area contributed by atoms with Gasteiger partial charge in [0.15, 0.2) is 0 Å². The number of benzene rings is 2. The molecule has 2 heterocycles. The quantitative estimate of drug-likeness (QED) is 0.553. The maximum absolute atomic E-state index is 12.9. The highest BCUT2D eigenvalue weighted by Crippen LogP contribution is 2.39. The Morgan fingerprint density at radius 1 is 1.06 bits per heavy atom. The minimum atomic E-state index is -0.405. The number of nitrogens with one attached hydrogen (secondary N) is 1. The Balaban J connectivity index is 1.53. The van der Waals surface area contributed by atoms with Gasteiger partial charge in [-0.05, 0) is 30.3 Å². The second-order valence-corrected chi connectivity index (χ2v) is 8.87. The molecule has 0 bridgehead atoms. The van der Waals surface area contributed by atoms with Crippen LogP contribution in [0.5, 0.6) is 0 Å². The zero-order chi connectivity index (χ0) is 22.0. The van der Waals surface area contributed by atoms with Gasteiger partial charge in [0.1, 0.15) is 21.5 Å². The number of nitrogens with two attached hydrogens (primary N) is 1. The van der Waals surface area contributed by atoms with Crippen LogP contribution in [0, 0.1) is 11.3 Å². The fourth-order valence-corrected chi connectivity index (χ4v) is 5.08. The van der Waals surface area contributed by atoms with Crippen molar-refractivity contribution in [1.82, 2.24) is 0 Å². The zero-order valence-corrected chi connectivity index (χ0v) is 18.8. The average Bonchev–Trinajstić information content (AvgIpc) is 3.12. The molecule has 0 atom stereocenters. The second kappa shape index (κ2) is 9.06. The van der Waals surface area contributed by atoms with Gasteiger partial charge in [0, 0.05) is 36.9 Å². The van der Waals surface area contributed by atoms with E-state index in [4.69, 9.17) is 28.9 Å². The van der Waals surface area contributed by atoms with Crippen molar-refractivity contribution in [2.24, 2.45) is 0 Å². The molecule has 0 radical (unpaired) electrons. The van der Waals surface area contributed by atoms with Crippen molar-refractivity contribution in [1.29, 1.82) is 5.26 Å².